The maximum Gasteiger partial charge on any atom is 0.344 e. The van der Waals surface area contributed by atoms with Crippen LogP contribution in [-0.4, -0.2) is 30.3 Å². The van der Waals surface area contributed by atoms with Crippen LogP contribution in [0.1, 0.15) is 12.5 Å². The fraction of sp³-hybridized carbons (Fsp3) is 0.150. The molecule has 0 aliphatic carbocycles. The van der Waals surface area contributed by atoms with Gasteiger partial charge in [-0.1, -0.05) is 12.1 Å². The molecule has 0 radical (unpaired) electrons. The van der Waals surface area contributed by atoms with Gasteiger partial charge in [0.05, 0.1) is 17.2 Å². The Balaban J connectivity index is 1.64. The summed E-state index contributed by atoms with van der Waals surface area (Å²) in [5.74, 6) is -0.506. The van der Waals surface area contributed by atoms with Gasteiger partial charge in [0.15, 0.2) is 11.8 Å². The first kappa shape index (κ1) is 19.6. The fourth-order valence-corrected chi connectivity index (χ4v) is 3.11. The second kappa shape index (κ2) is 9.18. The molecule has 2 aromatic rings. The van der Waals surface area contributed by atoms with E-state index in [0.29, 0.717) is 28.1 Å². The van der Waals surface area contributed by atoms with Crippen LogP contribution < -0.4 is 10.1 Å². The zero-order valence-corrected chi connectivity index (χ0v) is 15.8. The van der Waals surface area contributed by atoms with Crippen molar-refractivity contribution in [2.45, 2.75) is 6.92 Å². The standard InChI is InChI=1S/C20H17FN2O4S/c1-2-26-18(24)12-27-16-9-3-13(4-10-16)11-17-19(25)23-20(28-17)22-15-7-5-14(21)6-8-15/h3-11H,2,12H2,1H3,(H,22,23,25)/b17-11-. The van der Waals surface area contributed by atoms with Crippen LogP contribution in [0.2, 0.25) is 0 Å². The van der Waals surface area contributed by atoms with E-state index in [4.69, 9.17) is 9.47 Å². The molecule has 1 fully saturated rings. The molecule has 8 heteroatoms. The van der Waals surface area contributed by atoms with Crippen LogP contribution in [0.3, 0.4) is 0 Å². The van der Waals surface area contributed by atoms with Crippen molar-refractivity contribution in [1.82, 2.24) is 5.32 Å². The number of thioether (sulfide) groups is 1. The second-order valence-electron chi connectivity index (χ2n) is 5.62. The molecular formula is C20H17FN2O4S. The zero-order chi connectivity index (χ0) is 19.9. The van der Waals surface area contributed by atoms with E-state index < -0.39 is 5.97 Å². The molecule has 1 heterocycles. The number of rotatable bonds is 6. The normalized spacial score (nSPS) is 16.3. The predicted octanol–water partition coefficient (Wildman–Crippen LogP) is 3.66. The van der Waals surface area contributed by atoms with Gasteiger partial charge in [-0.15, -0.1) is 0 Å². The van der Waals surface area contributed by atoms with Gasteiger partial charge in [-0.25, -0.2) is 14.2 Å². The van der Waals surface area contributed by atoms with Crippen molar-refractivity contribution in [2.24, 2.45) is 4.99 Å². The average Bonchev–Trinajstić information content (AvgIpc) is 3.02. The summed E-state index contributed by atoms with van der Waals surface area (Å²) >= 11 is 1.20. The van der Waals surface area contributed by atoms with Gasteiger partial charge in [0.25, 0.3) is 5.91 Å². The van der Waals surface area contributed by atoms with Gasteiger partial charge in [-0.3, -0.25) is 4.79 Å². The number of aliphatic imine (C=N–C) groups is 1. The number of hydrogen-bond acceptors (Lipinski definition) is 6. The number of carbonyl (C=O) groups is 2. The minimum atomic E-state index is -0.430. The van der Waals surface area contributed by atoms with Gasteiger partial charge < -0.3 is 14.8 Å². The molecule has 2 aromatic carbocycles. The highest BCUT2D eigenvalue weighted by molar-refractivity contribution is 8.18. The van der Waals surface area contributed by atoms with Crippen LogP contribution >= 0.6 is 11.8 Å². The number of carbonyl (C=O) groups excluding carboxylic acids is 2. The summed E-state index contributed by atoms with van der Waals surface area (Å²) in [6.45, 7) is 1.88. The Morgan fingerprint density at radius 2 is 1.89 bits per heavy atom. The molecule has 3 rings (SSSR count). The Hall–Kier alpha value is -3.13. The Morgan fingerprint density at radius 1 is 1.18 bits per heavy atom. The average molecular weight is 400 g/mol. The molecule has 1 aliphatic heterocycles. The van der Waals surface area contributed by atoms with E-state index in [2.05, 4.69) is 10.3 Å². The first-order valence-electron chi connectivity index (χ1n) is 8.47. The Morgan fingerprint density at radius 3 is 2.57 bits per heavy atom. The summed E-state index contributed by atoms with van der Waals surface area (Å²) < 4.78 is 23.1. The van der Waals surface area contributed by atoms with Crippen LogP contribution in [0.5, 0.6) is 5.75 Å². The number of hydrogen-bond donors (Lipinski definition) is 1. The quantitative estimate of drug-likeness (QED) is 0.592. The summed E-state index contributed by atoms with van der Waals surface area (Å²) in [4.78, 5) is 28.2. The van der Waals surface area contributed by atoms with Crippen molar-refractivity contribution in [2.75, 3.05) is 13.2 Å². The van der Waals surface area contributed by atoms with Gasteiger partial charge in [0.1, 0.15) is 11.6 Å². The lowest BCUT2D eigenvalue weighted by atomic mass is 10.2. The molecule has 28 heavy (non-hydrogen) atoms. The Bertz CT molecular complexity index is 924. The summed E-state index contributed by atoms with van der Waals surface area (Å²) in [7, 11) is 0. The summed E-state index contributed by atoms with van der Waals surface area (Å²) in [6, 6.07) is 12.6. The third-order valence-corrected chi connectivity index (χ3v) is 4.46. The third kappa shape index (κ3) is 5.43. The lowest BCUT2D eigenvalue weighted by Gasteiger charge is -2.05. The highest BCUT2D eigenvalue weighted by atomic mass is 32.2. The second-order valence-corrected chi connectivity index (χ2v) is 6.65. The molecule has 0 aromatic heterocycles. The van der Waals surface area contributed by atoms with Crippen LogP contribution in [0, 0.1) is 5.82 Å². The smallest absolute Gasteiger partial charge is 0.344 e. The maximum atomic E-state index is 13.0. The minimum absolute atomic E-state index is 0.157. The van der Waals surface area contributed by atoms with Gasteiger partial charge in [0.2, 0.25) is 0 Å². The van der Waals surface area contributed by atoms with Crippen LogP contribution in [0.4, 0.5) is 10.1 Å². The van der Waals surface area contributed by atoms with Crippen molar-refractivity contribution in [3.05, 3.63) is 64.8 Å². The predicted molar refractivity (Wildman–Crippen MR) is 106 cm³/mol. The minimum Gasteiger partial charge on any atom is -0.482 e. The molecule has 0 atom stereocenters. The maximum absolute atomic E-state index is 13.0. The SMILES string of the molecule is CCOC(=O)COc1ccc(/C=C2\SC(=Nc3ccc(F)cc3)NC2=O)cc1. The highest BCUT2D eigenvalue weighted by Gasteiger charge is 2.23. The Kier molecular flexibility index (Phi) is 6.44. The molecule has 1 N–H and O–H groups in total. The molecule has 0 saturated carbocycles. The molecule has 0 bridgehead atoms. The number of amidine groups is 1. The molecular weight excluding hydrogens is 383 g/mol. The largest absolute Gasteiger partial charge is 0.482 e. The number of amides is 1. The lowest BCUT2D eigenvalue weighted by molar-refractivity contribution is -0.145. The first-order valence-corrected chi connectivity index (χ1v) is 9.29. The molecule has 6 nitrogen and oxygen atoms in total. The molecule has 144 valence electrons. The molecule has 1 amide bonds. The van der Waals surface area contributed by atoms with Crippen molar-refractivity contribution in [3.63, 3.8) is 0 Å². The van der Waals surface area contributed by atoms with Crippen LogP contribution in [0.15, 0.2) is 58.4 Å². The first-order chi connectivity index (χ1) is 13.5. The molecule has 0 spiro atoms. The monoisotopic (exact) mass is 400 g/mol. The number of nitrogens with zero attached hydrogens (tertiary/aromatic N) is 1. The third-order valence-electron chi connectivity index (χ3n) is 3.55. The Labute approximate surface area is 165 Å². The van der Waals surface area contributed by atoms with Crippen LogP contribution in [0.25, 0.3) is 6.08 Å². The van der Waals surface area contributed by atoms with Crippen molar-refractivity contribution in [3.8, 4) is 5.75 Å². The van der Waals surface area contributed by atoms with Gasteiger partial charge in [0, 0.05) is 0 Å². The van der Waals surface area contributed by atoms with E-state index in [0.717, 1.165) is 5.56 Å². The number of esters is 1. The van der Waals surface area contributed by atoms with Gasteiger partial charge >= 0.3 is 5.97 Å². The van der Waals surface area contributed by atoms with E-state index >= 15 is 0 Å². The molecule has 0 unspecified atom stereocenters. The molecule has 1 aliphatic rings. The van der Waals surface area contributed by atoms with Crippen LogP contribution in [-0.2, 0) is 14.3 Å². The number of halogens is 1. The van der Waals surface area contributed by atoms with E-state index in [1.54, 1.807) is 37.3 Å². The van der Waals surface area contributed by atoms with Gasteiger partial charge in [-0.05, 0) is 66.7 Å². The fourth-order valence-electron chi connectivity index (χ4n) is 2.27. The topological polar surface area (TPSA) is 77.0 Å². The van der Waals surface area contributed by atoms with Crippen molar-refractivity contribution >= 4 is 40.6 Å². The summed E-state index contributed by atoms with van der Waals surface area (Å²) in [5.41, 5.74) is 1.35. The molecule has 1 saturated heterocycles. The zero-order valence-electron chi connectivity index (χ0n) is 15.0. The van der Waals surface area contributed by atoms with E-state index in [-0.39, 0.29) is 18.3 Å². The number of nitrogens with one attached hydrogen (secondary N) is 1. The van der Waals surface area contributed by atoms with Crippen molar-refractivity contribution in [1.29, 1.82) is 0 Å². The van der Waals surface area contributed by atoms with E-state index in [1.165, 1.54) is 36.0 Å². The number of benzene rings is 2. The van der Waals surface area contributed by atoms with E-state index in [9.17, 15) is 14.0 Å². The van der Waals surface area contributed by atoms with Crippen molar-refractivity contribution < 1.29 is 23.5 Å². The van der Waals surface area contributed by atoms with Gasteiger partial charge in [-0.2, -0.15) is 0 Å². The summed E-state index contributed by atoms with van der Waals surface area (Å²) in [5, 5.41) is 3.11. The highest BCUT2D eigenvalue weighted by Crippen LogP contribution is 2.28. The summed E-state index contributed by atoms with van der Waals surface area (Å²) in [6.07, 6.45) is 1.72. The van der Waals surface area contributed by atoms with E-state index in [1.807, 2.05) is 0 Å². The lowest BCUT2D eigenvalue weighted by Crippen LogP contribution is -2.19. The number of ether oxygens (including phenoxy) is 2.